The number of allylic oxidation sites excluding steroid dienone is 2. The number of aliphatic hydroxyl groups excluding tert-OH is 1. The van der Waals surface area contributed by atoms with E-state index in [9.17, 15) is 15.0 Å². The minimum Gasteiger partial charge on any atom is -0.508 e. The largest absolute Gasteiger partial charge is 0.508 e. The van der Waals surface area contributed by atoms with Gasteiger partial charge in [-0.2, -0.15) is 0 Å². The first-order valence-electron chi connectivity index (χ1n) is 12.5. The van der Waals surface area contributed by atoms with Gasteiger partial charge in [-0.3, -0.25) is 4.79 Å². The summed E-state index contributed by atoms with van der Waals surface area (Å²) in [4.78, 5) is 12.1. The van der Waals surface area contributed by atoms with Crippen molar-refractivity contribution in [2.24, 2.45) is 0 Å². The topological polar surface area (TPSA) is 69.6 Å². The van der Waals surface area contributed by atoms with Crippen LogP contribution in [-0.2, 0) is 11.2 Å². The molecular weight excluding hydrogens is 386 g/mol. The first-order valence-corrected chi connectivity index (χ1v) is 12.5. The molecule has 0 saturated heterocycles. The first kappa shape index (κ1) is 27.2. The zero-order valence-electron chi connectivity index (χ0n) is 19.7. The summed E-state index contributed by atoms with van der Waals surface area (Å²) >= 11 is 0. The van der Waals surface area contributed by atoms with Crippen LogP contribution in [0.1, 0.15) is 102 Å². The van der Waals surface area contributed by atoms with Gasteiger partial charge in [0.2, 0.25) is 5.91 Å². The van der Waals surface area contributed by atoms with Gasteiger partial charge in [-0.05, 0) is 56.2 Å². The lowest BCUT2D eigenvalue weighted by Gasteiger charge is -2.16. The minimum atomic E-state index is -0.278. The summed E-state index contributed by atoms with van der Waals surface area (Å²) in [5.74, 6) is 0.230. The van der Waals surface area contributed by atoms with Gasteiger partial charge >= 0.3 is 0 Å². The summed E-state index contributed by atoms with van der Waals surface area (Å²) in [5.41, 5.74) is 0.984. The Bertz CT molecular complexity index is 583. The third-order valence-electron chi connectivity index (χ3n) is 5.67. The van der Waals surface area contributed by atoms with Crippen molar-refractivity contribution in [3.63, 3.8) is 0 Å². The molecule has 0 aliphatic rings. The van der Waals surface area contributed by atoms with Gasteiger partial charge in [-0.1, -0.05) is 82.6 Å². The van der Waals surface area contributed by atoms with Crippen LogP contribution in [0.5, 0.6) is 5.75 Å². The zero-order chi connectivity index (χ0) is 22.6. The van der Waals surface area contributed by atoms with Gasteiger partial charge in [0.25, 0.3) is 0 Å². The molecule has 1 atom stereocenters. The number of phenols is 1. The molecular formula is C27H45NO3. The number of unbranched alkanes of at least 4 members (excludes halogenated alkanes) is 11. The second kappa shape index (κ2) is 18.9. The average Bonchev–Trinajstić information content (AvgIpc) is 2.77. The number of carbonyl (C=O) groups is 1. The van der Waals surface area contributed by atoms with Crippen LogP contribution >= 0.6 is 0 Å². The summed E-state index contributed by atoms with van der Waals surface area (Å²) in [5, 5.41) is 21.8. The molecule has 176 valence electrons. The fourth-order valence-electron chi connectivity index (χ4n) is 3.73. The van der Waals surface area contributed by atoms with Crippen LogP contribution in [0.3, 0.4) is 0 Å². The van der Waals surface area contributed by atoms with E-state index in [0.29, 0.717) is 12.8 Å². The normalized spacial score (nSPS) is 12.3. The lowest BCUT2D eigenvalue weighted by molar-refractivity contribution is -0.122. The molecule has 3 N–H and O–H groups in total. The highest BCUT2D eigenvalue weighted by atomic mass is 16.3. The SMILES string of the molecule is CCCCCCCC/C=C/CCCCCCCC(=O)N[C@@H](CO)Cc1ccc(O)cc1. The molecule has 0 aliphatic heterocycles. The van der Waals surface area contributed by atoms with Gasteiger partial charge in [0.1, 0.15) is 5.75 Å². The second-order valence-electron chi connectivity index (χ2n) is 8.65. The van der Waals surface area contributed by atoms with E-state index in [2.05, 4.69) is 24.4 Å². The maximum Gasteiger partial charge on any atom is 0.220 e. The van der Waals surface area contributed by atoms with E-state index < -0.39 is 0 Å². The lowest BCUT2D eigenvalue weighted by Crippen LogP contribution is -2.38. The van der Waals surface area contributed by atoms with Crippen LogP contribution in [0.25, 0.3) is 0 Å². The van der Waals surface area contributed by atoms with Crippen molar-refractivity contribution < 1.29 is 15.0 Å². The summed E-state index contributed by atoms with van der Waals surface area (Å²) in [6.45, 7) is 2.18. The number of rotatable bonds is 19. The van der Waals surface area contributed by atoms with Crippen LogP contribution in [0, 0.1) is 0 Å². The highest BCUT2D eigenvalue weighted by Gasteiger charge is 2.12. The number of benzene rings is 1. The Morgan fingerprint density at radius 3 is 2.00 bits per heavy atom. The lowest BCUT2D eigenvalue weighted by atomic mass is 10.1. The van der Waals surface area contributed by atoms with Crippen molar-refractivity contribution in [2.75, 3.05) is 6.61 Å². The summed E-state index contributed by atoms with van der Waals surface area (Å²) in [6.07, 6.45) is 22.0. The molecule has 0 unspecified atom stereocenters. The maximum absolute atomic E-state index is 12.1. The van der Waals surface area contributed by atoms with Gasteiger partial charge in [0.05, 0.1) is 12.6 Å². The molecule has 1 aromatic carbocycles. The van der Waals surface area contributed by atoms with Crippen molar-refractivity contribution in [3.05, 3.63) is 42.0 Å². The summed E-state index contributed by atoms with van der Waals surface area (Å²) < 4.78 is 0. The van der Waals surface area contributed by atoms with Crippen molar-refractivity contribution in [1.29, 1.82) is 0 Å². The number of hydrogen-bond acceptors (Lipinski definition) is 3. The minimum absolute atomic E-state index is 0.00968. The molecule has 0 saturated carbocycles. The van der Waals surface area contributed by atoms with E-state index >= 15 is 0 Å². The van der Waals surface area contributed by atoms with E-state index in [1.807, 2.05) is 12.1 Å². The molecule has 0 radical (unpaired) electrons. The Morgan fingerprint density at radius 1 is 0.871 bits per heavy atom. The molecule has 1 amide bonds. The van der Waals surface area contributed by atoms with Crippen molar-refractivity contribution in [1.82, 2.24) is 5.32 Å². The van der Waals surface area contributed by atoms with E-state index in [0.717, 1.165) is 18.4 Å². The summed E-state index contributed by atoms with van der Waals surface area (Å²) in [6, 6.07) is 6.59. The Kier molecular flexibility index (Phi) is 16.6. The fraction of sp³-hybridized carbons (Fsp3) is 0.667. The molecule has 0 bridgehead atoms. The van der Waals surface area contributed by atoms with Gasteiger partial charge < -0.3 is 15.5 Å². The Hall–Kier alpha value is -1.81. The third kappa shape index (κ3) is 15.6. The molecule has 0 aromatic heterocycles. The van der Waals surface area contributed by atoms with Gasteiger partial charge in [-0.15, -0.1) is 0 Å². The quantitative estimate of drug-likeness (QED) is 0.174. The molecule has 4 nitrogen and oxygen atoms in total. The number of phenolic OH excluding ortho intramolecular Hbond substituents is 1. The van der Waals surface area contributed by atoms with Crippen LogP contribution in [-0.4, -0.2) is 28.8 Å². The maximum atomic E-state index is 12.1. The van der Waals surface area contributed by atoms with Crippen LogP contribution < -0.4 is 5.32 Å². The smallest absolute Gasteiger partial charge is 0.220 e. The predicted molar refractivity (Wildman–Crippen MR) is 130 cm³/mol. The Balaban J connectivity index is 1.96. The molecule has 31 heavy (non-hydrogen) atoms. The molecule has 1 rings (SSSR count). The van der Waals surface area contributed by atoms with Crippen molar-refractivity contribution >= 4 is 5.91 Å². The van der Waals surface area contributed by atoms with Gasteiger partial charge in [0.15, 0.2) is 0 Å². The first-order chi connectivity index (χ1) is 15.2. The zero-order valence-corrected chi connectivity index (χ0v) is 19.7. The van der Waals surface area contributed by atoms with E-state index in [4.69, 9.17) is 0 Å². The van der Waals surface area contributed by atoms with Crippen LogP contribution in [0.2, 0.25) is 0 Å². The van der Waals surface area contributed by atoms with Crippen molar-refractivity contribution in [3.8, 4) is 5.75 Å². The number of nitrogens with one attached hydrogen (secondary N) is 1. The highest BCUT2D eigenvalue weighted by molar-refractivity contribution is 5.76. The third-order valence-corrected chi connectivity index (χ3v) is 5.67. The number of carbonyl (C=O) groups excluding carboxylic acids is 1. The molecule has 0 aliphatic carbocycles. The Labute approximate surface area is 190 Å². The average molecular weight is 432 g/mol. The molecule has 1 aromatic rings. The molecule has 4 heteroatoms. The molecule has 0 heterocycles. The van der Waals surface area contributed by atoms with Gasteiger partial charge in [0, 0.05) is 6.42 Å². The van der Waals surface area contributed by atoms with Gasteiger partial charge in [-0.25, -0.2) is 0 Å². The monoisotopic (exact) mass is 431 g/mol. The second-order valence-corrected chi connectivity index (χ2v) is 8.65. The predicted octanol–water partition coefficient (Wildman–Crippen LogP) is 6.45. The number of hydrogen-bond donors (Lipinski definition) is 3. The van der Waals surface area contributed by atoms with E-state index in [-0.39, 0.29) is 24.3 Å². The fourth-order valence-corrected chi connectivity index (χ4v) is 3.73. The Morgan fingerprint density at radius 2 is 1.42 bits per heavy atom. The van der Waals surface area contributed by atoms with Crippen LogP contribution in [0.15, 0.2) is 36.4 Å². The number of aromatic hydroxyl groups is 1. The van der Waals surface area contributed by atoms with E-state index in [1.54, 1.807) is 12.1 Å². The number of aliphatic hydroxyl groups is 1. The highest BCUT2D eigenvalue weighted by Crippen LogP contribution is 2.12. The van der Waals surface area contributed by atoms with Crippen LogP contribution in [0.4, 0.5) is 0 Å². The standard InChI is InChI=1S/C27H45NO3/c1-2-3-4-5-6-7-8-9-10-11-12-13-14-15-16-17-27(31)28-25(23-29)22-24-18-20-26(30)21-19-24/h9-10,18-21,25,29-30H,2-8,11-17,22-23H2,1H3,(H,28,31)/b10-9+/t25-/m1/s1. The molecule has 0 fully saturated rings. The van der Waals surface area contributed by atoms with Crippen molar-refractivity contribution in [2.45, 2.75) is 109 Å². The molecule has 0 spiro atoms. The number of amides is 1. The summed E-state index contributed by atoms with van der Waals surface area (Å²) in [7, 11) is 0. The van der Waals surface area contributed by atoms with E-state index in [1.165, 1.54) is 70.6 Å².